The van der Waals surface area contributed by atoms with Crippen LogP contribution >= 0.6 is 0 Å². The summed E-state index contributed by atoms with van der Waals surface area (Å²) in [5.74, 6) is 1.61. The van der Waals surface area contributed by atoms with Gasteiger partial charge in [-0.3, -0.25) is 9.59 Å². The Kier molecular flexibility index (Phi) is 11.1. The van der Waals surface area contributed by atoms with E-state index in [1.807, 2.05) is 44.2 Å². The van der Waals surface area contributed by atoms with Crippen LogP contribution in [-0.2, 0) is 21.4 Å². The largest absolute Gasteiger partial charge is 0.496 e. The highest BCUT2D eigenvalue weighted by Gasteiger charge is 2.40. The molecule has 0 N–H and O–H groups in total. The van der Waals surface area contributed by atoms with Gasteiger partial charge in [-0.2, -0.15) is 0 Å². The highest BCUT2D eigenvalue weighted by atomic mass is 16.5. The molecule has 7 heteroatoms. The average Bonchev–Trinajstić information content (AvgIpc) is 2.89. The van der Waals surface area contributed by atoms with Crippen molar-refractivity contribution in [3.63, 3.8) is 0 Å². The molecule has 35 heavy (non-hydrogen) atoms. The van der Waals surface area contributed by atoms with Crippen molar-refractivity contribution in [2.45, 2.75) is 44.9 Å². The Hall–Kier alpha value is -3.06. The predicted octanol–water partition coefficient (Wildman–Crippen LogP) is 4.69. The van der Waals surface area contributed by atoms with Gasteiger partial charge in [0.25, 0.3) is 0 Å². The summed E-state index contributed by atoms with van der Waals surface area (Å²) in [5, 5.41) is 0. The molecule has 1 unspecified atom stereocenters. The maximum atomic E-state index is 13.2. The van der Waals surface area contributed by atoms with E-state index in [1.54, 1.807) is 27.4 Å². The van der Waals surface area contributed by atoms with Crippen molar-refractivity contribution in [2.75, 3.05) is 48.1 Å². The lowest BCUT2D eigenvalue weighted by atomic mass is 9.74. The zero-order valence-electron chi connectivity index (χ0n) is 21.9. The minimum atomic E-state index is -0.756. The average molecular weight is 486 g/mol. The molecular weight excluding hydrogens is 446 g/mol. The summed E-state index contributed by atoms with van der Waals surface area (Å²) in [4.78, 5) is 26.6. The molecule has 192 valence electrons. The van der Waals surface area contributed by atoms with Gasteiger partial charge in [0.2, 0.25) is 0 Å². The number of esters is 1. The molecular formula is C28H39NO6. The summed E-state index contributed by atoms with van der Waals surface area (Å²) in [6, 6.07) is 11.3. The first-order valence-corrected chi connectivity index (χ1v) is 12.1. The van der Waals surface area contributed by atoms with E-state index in [0.29, 0.717) is 42.3 Å². The second-order valence-electron chi connectivity index (χ2n) is 8.58. The molecule has 0 amide bonds. The van der Waals surface area contributed by atoms with Crippen LogP contribution in [0.2, 0.25) is 0 Å². The molecule has 0 saturated heterocycles. The van der Waals surface area contributed by atoms with Crippen molar-refractivity contribution in [2.24, 2.45) is 0 Å². The van der Waals surface area contributed by atoms with Crippen molar-refractivity contribution < 1.29 is 28.5 Å². The molecule has 0 aliphatic carbocycles. The maximum absolute atomic E-state index is 13.2. The molecule has 1 atom stereocenters. The van der Waals surface area contributed by atoms with Gasteiger partial charge in [0.15, 0.2) is 17.8 Å². The van der Waals surface area contributed by atoms with Gasteiger partial charge < -0.3 is 23.8 Å². The van der Waals surface area contributed by atoms with E-state index in [9.17, 15) is 9.59 Å². The smallest absolute Gasteiger partial charge is 0.316 e. The molecule has 0 saturated carbocycles. The van der Waals surface area contributed by atoms with E-state index < -0.39 is 5.41 Å². The zero-order valence-corrected chi connectivity index (χ0v) is 21.9. The van der Waals surface area contributed by atoms with Gasteiger partial charge in [0.1, 0.15) is 5.75 Å². The number of hydrogen-bond acceptors (Lipinski definition) is 7. The number of ether oxygens (including phenoxy) is 4. The molecule has 0 bridgehead atoms. The number of methoxy groups -OCH3 is 3. The first kappa shape index (κ1) is 28.2. The number of benzene rings is 2. The van der Waals surface area contributed by atoms with Crippen LogP contribution in [0, 0.1) is 0 Å². The molecule has 2 rings (SSSR count). The Balaban J connectivity index is 2.10. The van der Waals surface area contributed by atoms with E-state index in [0.717, 1.165) is 43.3 Å². The van der Waals surface area contributed by atoms with Gasteiger partial charge in [0, 0.05) is 6.54 Å². The number of likely N-dealkylation sites (N-methyl/N-ethyl adjacent to an activating group) is 1. The van der Waals surface area contributed by atoms with Crippen LogP contribution < -0.4 is 14.2 Å². The van der Waals surface area contributed by atoms with Crippen molar-refractivity contribution in [1.29, 1.82) is 0 Å². The molecule has 7 nitrogen and oxygen atoms in total. The topological polar surface area (TPSA) is 74.3 Å². The third-order valence-corrected chi connectivity index (χ3v) is 6.56. The van der Waals surface area contributed by atoms with Crippen molar-refractivity contribution >= 4 is 12.3 Å². The molecule has 0 fully saturated rings. The predicted molar refractivity (Wildman–Crippen MR) is 137 cm³/mol. The van der Waals surface area contributed by atoms with Gasteiger partial charge in [-0.25, -0.2) is 0 Å². The Labute approximate surface area is 209 Å². The third-order valence-electron chi connectivity index (χ3n) is 6.56. The molecule has 0 radical (unpaired) electrons. The van der Waals surface area contributed by atoms with Crippen LogP contribution in [0.4, 0.5) is 0 Å². The Morgan fingerprint density at radius 3 is 2.26 bits per heavy atom. The second kappa shape index (κ2) is 13.7. The lowest BCUT2D eigenvalue weighted by Crippen LogP contribution is -2.38. The fraction of sp³-hybridized carbons (Fsp3) is 0.500. The Bertz CT molecular complexity index is 976. The minimum absolute atomic E-state index is 0.209. The van der Waals surface area contributed by atoms with Crippen LogP contribution in [0.15, 0.2) is 36.4 Å². The fourth-order valence-electron chi connectivity index (χ4n) is 4.38. The van der Waals surface area contributed by atoms with E-state index in [2.05, 4.69) is 11.9 Å². The van der Waals surface area contributed by atoms with Gasteiger partial charge in [0.05, 0.1) is 38.9 Å². The molecule has 2 aromatic rings. The normalized spacial score (nSPS) is 12.7. The first-order chi connectivity index (χ1) is 16.9. The number of carbonyl (C=O) groups is 2. The highest BCUT2D eigenvalue weighted by molar-refractivity contribution is 5.83. The van der Waals surface area contributed by atoms with Crippen molar-refractivity contribution in [3.8, 4) is 17.2 Å². The van der Waals surface area contributed by atoms with Crippen LogP contribution in [-0.4, -0.2) is 65.2 Å². The minimum Gasteiger partial charge on any atom is -0.496 e. The summed E-state index contributed by atoms with van der Waals surface area (Å²) < 4.78 is 21.7. The number of hydrogen-bond donors (Lipinski definition) is 0. The first-order valence-electron chi connectivity index (χ1n) is 12.1. The van der Waals surface area contributed by atoms with Gasteiger partial charge in [-0.15, -0.1) is 0 Å². The number of carbonyl (C=O) groups excluding carboxylic acids is 2. The summed E-state index contributed by atoms with van der Waals surface area (Å²) in [6.07, 6.45) is 3.73. The summed E-state index contributed by atoms with van der Waals surface area (Å²) in [5.41, 5.74) is 1.78. The molecule has 0 aliphatic heterocycles. The summed E-state index contributed by atoms with van der Waals surface area (Å²) in [7, 11) is 6.83. The van der Waals surface area contributed by atoms with Crippen molar-refractivity contribution in [3.05, 3.63) is 53.1 Å². The molecule has 0 heterocycles. The van der Waals surface area contributed by atoms with Crippen molar-refractivity contribution in [1.82, 2.24) is 4.90 Å². The van der Waals surface area contributed by atoms with E-state index in [-0.39, 0.29) is 5.97 Å². The van der Waals surface area contributed by atoms with Crippen LogP contribution in [0.1, 0.15) is 54.6 Å². The molecule has 0 aromatic heterocycles. The monoisotopic (exact) mass is 485 g/mol. The summed E-state index contributed by atoms with van der Waals surface area (Å²) in [6.45, 7) is 5.86. The maximum Gasteiger partial charge on any atom is 0.316 e. The number of nitrogens with zero attached hydrogens (tertiary/aromatic N) is 1. The molecule has 0 spiro atoms. The quantitative estimate of drug-likeness (QED) is 0.268. The third kappa shape index (κ3) is 6.98. The molecule has 2 aromatic carbocycles. The SMILES string of the molecule is CCOC(=O)C(CC)(CCCN(C)CCc1ccc(C=O)c(OC)c1)c1ccc(OC)c(OC)c1. The Morgan fingerprint density at radius 2 is 1.66 bits per heavy atom. The fourth-order valence-corrected chi connectivity index (χ4v) is 4.38. The lowest BCUT2D eigenvalue weighted by molar-refractivity contribution is -0.150. The number of aldehydes is 1. The lowest BCUT2D eigenvalue weighted by Gasteiger charge is -2.32. The van der Waals surface area contributed by atoms with E-state index in [4.69, 9.17) is 18.9 Å². The number of rotatable bonds is 15. The highest BCUT2D eigenvalue weighted by Crippen LogP contribution is 2.39. The van der Waals surface area contributed by atoms with Gasteiger partial charge in [-0.1, -0.05) is 19.1 Å². The second-order valence-corrected chi connectivity index (χ2v) is 8.58. The Morgan fingerprint density at radius 1 is 0.943 bits per heavy atom. The van der Waals surface area contributed by atoms with Crippen LogP contribution in [0.5, 0.6) is 17.2 Å². The van der Waals surface area contributed by atoms with E-state index in [1.165, 1.54) is 0 Å². The standard InChI is InChI=1S/C28H39NO6/c1-7-28(27(31)35-8-2,23-12-13-24(32-4)26(19-23)34-6)15-9-16-29(3)17-14-21-10-11-22(20-30)25(18-21)33-5/h10-13,18-20H,7-9,14-17H2,1-6H3. The molecule has 0 aliphatic rings. The summed E-state index contributed by atoms with van der Waals surface area (Å²) >= 11 is 0. The van der Waals surface area contributed by atoms with Gasteiger partial charge >= 0.3 is 5.97 Å². The van der Waals surface area contributed by atoms with E-state index >= 15 is 0 Å². The zero-order chi connectivity index (χ0) is 25.8. The van der Waals surface area contributed by atoms with Crippen LogP contribution in [0.3, 0.4) is 0 Å². The van der Waals surface area contributed by atoms with Crippen LogP contribution in [0.25, 0.3) is 0 Å². The van der Waals surface area contributed by atoms with Gasteiger partial charge in [-0.05, 0) is 81.6 Å².